The van der Waals surface area contributed by atoms with Gasteiger partial charge in [0.25, 0.3) is 5.91 Å². The van der Waals surface area contributed by atoms with E-state index >= 15 is 0 Å². The smallest absolute Gasteiger partial charge is 0.261 e. The maximum atomic E-state index is 11.7. The van der Waals surface area contributed by atoms with Crippen LogP contribution in [0, 0.1) is 5.41 Å². The van der Waals surface area contributed by atoms with Crippen LogP contribution in [0.4, 0.5) is 0 Å². The van der Waals surface area contributed by atoms with Gasteiger partial charge in [0, 0.05) is 6.42 Å². The van der Waals surface area contributed by atoms with E-state index in [2.05, 4.69) is 5.32 Å². The zero-order chi connectivity index (χ0) is 14.7. The SMILES string of the molecule is CC(C)=C1NC(=O)C(C(=N)C[C@H](O)C[C@H](C)O)=C1O. The number of carbonyl (C=O) groups excluding carboxylic acids is 1. The van der Waals surface area contributed by atoms with Crippen molar-refractivity contribution in [1.82, 2.24) is 5.32 Å². The van der Waals surface area contributed by atoms with Gasteiger partial charge in [-0.15, -0.1) is 0 Å². The van der Waals surface area contributed by atoms with Crippen LogP contribution in [0.25, 0.3) is 0 Å². The molecule has 0 bridgehead atoms. The topological polar surface area (TPSA) is 114 Å². The Morgan fingerprint density at radius 2 is 1.95 bits per heavy atom. The summed E-state index contributed by atoms with van der Waals surface area (Å²) in [6.07, 6.45) is -1.58. The summed E-state index contributed by atoms with van der Waals surface area (Å²) in [5.41, 5.74) is 0.799. The first-order valence-electron chi connectivity index (χ1n) is 6.10. The van der Waals surface area contributed by atoms with Gasteiger partial charge in [-0.05, 0) is 32.8 Å². The van der Waals surface area contributed by atoms with E-state index in [1.54, 1.807) is 13.8 Å². The van der Waals surface area contributed by atoms with Crippen LogP contribution in [-0.4, -0.2) is 39.1 Å². The Hall–Kier alpha value is -1.66. The van der Waals surface area contributed by atoms with Crippen LogP contribution < -0.4 is 5.32 Å². The van der Waals surface area contributed by atoms with Gasteiger partial charge in [-0.2, -0.15) is 0 Å². The Morgan fingerprint density at radius 3 is 2.37 bits per heavy atom. The van der Waals surface area contributed by atoms with Crippen molar-refractivity contribution in [3.63, 3.8) is 0 Å². The standard InChI is InChI=1S/C13H20N2O4/c1-6(2)11-12(18)10(13(19)15-11)9(14)5-8(17)4-7(3)16/h7-8,14,16-18H,4-5H2,1-3H3,(H,15,19)/t7-,8+/m0/s1. The molecule has 1 aliphatic rings. The van der Waals surface area contributed by atoms with Gasteiger partial charge in [-0.25, -0.2) is 0 Å². The summed E-state index contributed by atoms with van der Waals surface area (Å²) in [5, 5.41) is 39.0. The summed E-state index contributed by atoms with van der Waals surface area (Å²) < 4.78 is 0. The van der Waals surface area contributed by atoms with Crippen molar-refractivity contribution >= 4 is 11.6 Å². The van der Waals surface area contributed by atoms with Crippen LogP contribution in [-0.2, 0) is 4.79 Å². The first-order chi connectivity index (χ1) is 8.73. The van der Waals surface area contributed by atoms with E-state index in [4.69, 9.17) is 10.5 Å². The number of hydrogen-bond acceptors (Lipinski definition) is 5. The van der Waals surface area contributed by atoms with Crippen LogP contribution in [0.1, 0.15) is 33.6 Å². The molecule has 19 heavy (non-hydrogen) atoms. The third-order valence-corrected chi connectivity index (χ3v) is 2.79. The molecule has 6 nitrogen and oxygen atoms in total. The van der Waals surface area contributed by atoms with E-state index in [9.17, 15) is 15.0 Å². The Morgan fingerprint density at radius 1 is 1.37 bits per heavy atom. The van der Waals surface area contributed by atoms with Gasteiger partial charge in [0.15, 0.2) is 5.76 Å². The first kappa shape index (κ1) is 15.4. The van der Waals surface area contributed by atoms with Crippen molar-refractivity contribution in [2.45, 2.75) is 45.8 Å². The molecular weight excluding hydrogens is 248 g/mol. The number of rotatable bonds is 5. The average Bonchev–Trinajstić information content (AvgIpc) is 2.52. The molecule has 0 spiro atoms. The normalized spacial score (nSPS) is 18.4. The third-order valence-electron chi connectivity index (χ3n) is 2.79. The first-order valence-corrected chi connectivity index (χ1v) is 6.10. The average molecular weight is 268 g/mol. The van der Waals surface area contributed by atoms with Crippen LogP contribution in [0.2, 0.25) is 0 Å². The summed E-state index contributed by atoms with van der Waals surface area (Å²) >= 11 is 0. The maximum absolute atomic E-state index is 11.7. The van der Waals surface area contributed by atoms with E-state index in [1.807, 2.05) is 0 Å². The van der Waals surface area contributed by atoms with Gasteiger partial charge in [0.1, 0.15) is 5.57 Å². The highest BCUT2D eigenvalue weighted by molar-refractivity contribution is 6.23. The monoisotopic (exact) mass is 268 g/mol. The molecule has 0 aromatic rings. The highest BCUT2D eigenvalue weighted by Crippen LogP contribution is 2.23. The number of carbonyl (C=O) groups is 1. The Balaban J connectivity index is 2.88. The van der Waals surface area contributed by atoms with Crippen molar-refractivity contribution in [3.8, 4) is 0 Å². The molecule has 1 aliphatic heterocycles. The van der Waals surface area contributed by atoms with Crippen molar-refractivity contribution in [1.29, 1.82) is 5.41 Å². The molecule has 0 aliphatic carbocycles. The van der Waals surface area contributed by atoms with Crippen molar-refractivity contribution in [2.75, 3.05) is 0 Å². The van der Waals surface area contributed by atoms with Gasteiger partial charge in [-0.3, -0.25) is 4.79 Å². The molecule has 0 fully saturated rings. The number of amides is 1. The van der Waals surface area contributed by atoms with Crippen molar-refractivity contribution in [2.24, 2.45) is 0 Å². The largest absolute Gasteiger partial charge is 0.505 e. The molecule has 1 heterocycles. The number of hydrogen-bond donors (Lipinski definition) is 5. The predicted octanol–water partition coefficient (Wildman–Crippen LogP) is 0.764. The zero-order valence-electron chi connectivity index (χ0n) is 11.3. The summed E-state index contributed by atoms with van der Waals surface area (Å²) in [6, 6.07) is 0. The lowest BCUT2D eigenvalue weighted by molar-refractivity contribution is -0.115. The quantitative estimate of drug-likeness (QED) is 0.474. The summed E-state index contributed by atoms with van der Waals surface area (Å²) in [4.78, 5) is 11.7. The lowest BCUT2D eigenvalue weighted by Crippen LogP contribution is -2.24. The number of aliphatic hydroxyl groups is 3. The Bertz CT molecular complexity index is 459. The Labute approximate surface area is 112 Å². The van der Waals surface area contributed by atoms with Gasteiger partial charge in [0.2, 0.25) is 0 Å². The van der Waals surface area contributed by atoms with Gasteiger partial charge in [0.05, 0.1) is 23.6 Å². The summed E-state index contributed by atoms with van der Waals surface area (Å²) in [6.45, 7) is 5.01. The molecule has 2 atom stereocenters. The Kier molecular flexibility index (Phi) is 4.85. The van der Waals surface area contributed by atoms with Gasteiger partial charge < -0.3 is 26.0 Å². The molecule has 0 aromatic carbocycles. The molecule has 0 unspecified atom stereocenters. The van der Waals surface area contributed by atoms with Crippen LogP contribution >= 0.6 is 0 Å². The van der Waals surface area contributed by atoms with Gasteiger partial charge >= 0.3 is 0 Å². The van der Waals surface area contributed by atoms with E-state index in [0.717, 1.165) is 5.57 Å². The number of allylic oxidation sites excluding steroid dienone is 1. The zero-order valence-corrected chi connectivity index (χ0v) is 11.3. The third kappa shape index (κ3) is 3.65. The second-order valence-corrected chi connectivity index (χ2v) is 4.97. The molecule has 0 radical (unpaired) electrons. The summed E-state index contributed by atoms with van der Waals surface area (Å²) in [5.74, 6) is -0.790. The highest BCUT2D eigenvalue weighted by atomic mass is 16.3. The lowest BCUT2D eigenvalue weighted by Gasteiger charge is -2.12. The fraction of sp³-hybridized carbons (Fsp3) is 0.538. The molecule has 0 saturated heterocycles. The molecular formula is C13H20N2O4. The minimum Gasteiger partial charge on any atom is -0.505 e. The fourth-order valence-corrected chi connectivity index (χ4v) is 1.92. The highest BCUT2D eigenvalue weighted by Gasteiger charge is 2.31. The minimum atomic E-state index is -0.920. The predicted molar refractivity (Wildman–Crippen MR) is 70.8 cm³/mol. The van der Waals surface area contributed by atoms with E-state index < -0.39 is 18.1 Å². The molecule has 0 aromatic heterocycles. The molecule has 0 saturated carbocycles. The van der Waals surface area contributed by atoms with Crippen molar-refractivity contribution < 1.29 is 20.1 Å². The van der Waals surface area contributed by atoms with E-state index in [0.29, 0.717) is 5.70 Å². The minimum absolute atomic E-state index is 0.0895. The van der Waals surface area contributed by atoms with Crippen LogP contribution in [0.5, 0.6) is 0 Å². The van der Waals surface area contributed by atoms with Crippen LogP contribution in [0.15, 0.2) is 22.6 Å². The molecule has 1 amide bonds. The van der Waals surface area contributed by atoms with Crippen LogP contribution in [0.3, 0.4) is 0 Å². The fourth-order valence-electron chi connectivity index (χ4n) is 1.92. The molecule has 5 N–H and O–H groups in total. The second-order valence-electron chi connectivity index (χ2n) is 4.97. The van der Waals surface area contributed by atoms with Gasteiger partial charge in [-0.1, -0.05) is 0 Å². The lowest BCUT2D eigenvalue weighted by atomic mass is 10.0. The molecule has 1 rings (SSSR count). The van der Waals surface area contributed by atoms with E-state index in [-0.39, 0.29) is 29.9 Å². The number of nitrogens with one attached hydrogen (secondary N) is 2. The van der Waals surface area contributed by atoms with Crippen molar-refractivity contribution in [3.05, 3.63) is 22.6 Å². The maximum Gasteiger partial charge on any atom is 0.261 e. The molecule has 6 heteroatoms. The molecule has 106 valence electrons. The second kappa shape index (κ2) is 5.99. The van der Waals surface area contributed by atoms with E-state index in [1.165, 1.54) is 6.92 Å². The number of aliphatic hydroxyl groups excluding tert-OH is 3. The summed E-state index contributed by atoms with van der Waals surface area (Å²) in [7, 11) is 0.